The highest BCUT2D eigenvalue weighted by molar-refractivity contribution is 5.95. The molecule has 28 heavy (non-hydrogen) atoms. The molecule has 0 radical (unpaired) electrons. The smallest absolute Gasteiger partial charge is 0.251 e. The van der Waals surface area contributed by atoms with E-state index in [2.05, 4.69) is 30.8 Å². The van der Waals surface area contributed by atoms with Crippen LogP contribution in [0.1, 0.15) is 29.0 Å². The fourth-order valence-electron chi connectivity index (χ4n) is 2.87. The molecule has 0 spiro atoms. The summed E-state index contributed by atoms with van der Waals surface area (Å²) in [5.74, 6) is 1.59. The second kappa shape index (κ2) is 7.63. The Morgan fingerprint density at radius 2 is 2.14 bits per heavy atom. The van der Waals surface area contributed by atoms with Crippen molar-refractivity contribution in [3.63, 3.8) is 0 Å². The maximum Gasteiger partial charge on any atom is 0.251 e. The van der Waals surface area contributed by atoms with Crippen molar-refractivity contribution in [3.8, 4) is 11.3 Å². The first-order chi connectivity index (χ1) is 13.6. The van der Waals surface area contributed by atoms with Gasteiger partial charge in [-0.15, -0.1) is 10.2 Å². The number of nitrogens with zero attached hydrogens (tertiary/aromatic N) is 5. The number of aryl methyl sites for hydroxylation is 1. The van der Waals surface area contributed by atoms with E-state index in [1.165, 1.54) is 0 Å². The minimum Gasteiger partial charge on any atom is -0.368 e. The van der Waals surface area contributed by atoms with Crippen molar-refractivity contribution < 1.29 is 4.79 Å². The third kappa shape index (κ3) is 4.25. The Labute approximate surface area is 162 Å². The summed E-state index contributed by atoms with van der Waals surface area (Å²) < 4.78 is 1.83. The van der Waals surface area contributed by atoms with Crippen LogP contribution in [0.2, 0.25) is 0 Å². The number of carbonyl (C=O) groups excluding carboxylic acids is 1. The van der Waals surface area contributed by atoms with Crippen molar-refractivity contribution in [2.75, 3.05) is 17.6 Å². The van der Waals surface area contributed by atoms with Gasteiger partial charge in [0.05, 0.1) is 5.69 Å². The van der Waals surface area contributed by atoms with Crippen LogP contribution in [0.25, 0.3) is 11.3 Å². The van der Waals surface area contributed by atoms with E-state index < -0.39 is 0 Å². The number of amides is 1. The Balaban J connectivity index is 1.45. The molecule has 1 amide bonds. The third-order valence-corrected chi connectivity index (χ3v) is 4.53. The number of carbonyl (C=O) groups is 1. The molecule has 144 valence electrons. The molecule has 1 saturated carbocycles. The van der Waals surface area contributed by atoms with E-state index >= 15 is 0 Å². The molecular weight excluding hydrogens is 356 g/mol. The Bertz CT molecular complexity index is 995. The average molecular weight is 378 g/mol. The summed E-state index contributed by atoms with van der Waals surface area (Å²) in [6, 6.07) is 9.64. The second-order valence-corrected chi connectivity index (χ2v) is 6.86. The highest BCUT2D eigenvalue weighted by atomic mass is 16.1. The number of nitrogen functional groups attached to an aromatic ring is 1. The molecular formula is C19H22N8O. The molecule has 4 N–H and O–H groups in total. The summed E-state index contributed by atoms with van der Waals surface area (Å²) in [4.78, 5) is 21.1. The zero-order valence-corrected chi connectivity index (χ0v) is 15.6. The van der Waals surface area contributed by atoms with Crippen molar-refractivity contribution in [1.29, 1.82) is 0 Å². The van der Waals surface area contributed by atoms with Crippen LogP contribution in [0.5, 0.6) is 0 Å². The maximum atomic E-state index is 12.5. The number of hydrogen-bond acceptors (Lipinski definition) is 7. The van der Waals surface area contributed by atoms with Gasteiger partial charge in [-0.05, 0) is 25.0 Å². The highest BCUT2D eigenvalue weighted by Crippen LogP contribution is 2.27. The van der Waals surface area contributed by atoms with Crippen LogP contribution in [0.15, 0.2) is 36.7 Å². The Morgan fingerprint density at radius 1 is 1.29 bits per heavy atom. The first-order valence-corrected chi connectivity index (χ1v) is 9.21. The molecule has 1 aromatic carbocycles. The molecule has 2 heterocycles. The van der Waals surface area contributed by atoms with Crippen LogP contribution in [0, 0.1) is 0 Å². The van der Waals surface area contributed by atoms with Gasteiger partial charge in [-0.2, -0.15) is 4.98 Å². The van der Waals surface area contributed by atoms with Crippen LogP contribution < -0.4 is 16.4 Å². The Morgan fingerprint density at radius 3 is 2.89 bits per heavy atom. The fourth-order valence-corrected chi connectivity index (χ4v) is 2.87. The van der Waals surface area contributed by atoms with Gasteiger partial charge in [0.2, 0.25) is 5.95 Å². The number of rotatable bonds is 7. The molecule has 1 fully saturated rings. The number of nitrogens with one attached hydrogen (secondary N) is 2. The maximum absolute atomic E-state index is 12.5. The lowest BCUT2D eigenvalue weighted by Crippen LogP contribution is -2.26. The van der Waals surface area contributed by atoms with E-state index in [1.807, 2.05) is 29.8 Å². The molecule has 1 aliphatic rings. The van der Waals surface area contributed by atoms with Gasteiger partial charge in [-0.3, -0.25) is 4.79 Å². The van der Waals surface area contributed by atoms with Crippen LogP contribution in [0.4, 0.5) is 11.8 Å². The van der Waals surface area contributed by atoms with E-state index in [9.17, 15) is 4.79 Å². The van der Waals surface area contributed by atoms with Gasteiger partial charge in [0.15, 0.2) is 0 Å². The summed E-state index contributed by atoms with van der Waals surface area (Å²) >= 11 is 0. The molecule has 2 aromatic heterocycles. The summed E-state index contributed by atoms with van der Waals surface area (Å²) in [6.07, 6.45) is 4.54. The van der Waals surface area contributed by atoms with Gasteiger partial charge in [-0.1, -0.05) is 12.1 Å². The van der Waals surface area contributed by atoms with E-state index in [1.54, 1.807) is 18.5 Å². The van der Waals surface area contributed by atoms with E-state index in [0.717, 1.165) is 24.2 Å². The number of hydrogen-bond donors (Lipinski definition) is 3. The first kappa shape index (κ1) is 17.9. The van der Waals surface area contributed by atoms with Gasteiger partial charge in [0.1, 0.15) is 18.0 Å². The molecule has 0 atom stereocenters. The Hall–Kier alpha value is -3.49. The SMILES string of the molecule is Cn1cnnc1CCNC(=O)c1cccc(-c2cc(NC3CC3)nc(N)n2)c1. The third-order valence-electron chi connectivity index (χ3n) is 4.53. The molecule has 1 aliphatic carbocycles. The largest absolute Gasteiger partial charge is 0.368 e. The highest BCUT2D eigenvalue weighted by Gasteiger charge is 2.22. The summed E-state index contributed by atoms with van der Waals surface area (Å²) in [5.41, 5.74) is 7.92. The zero-order valence-electron chi connectivity index (χ0n) is 15.6. The molecule has 0 aliphatic heterocycles. The molecule has 0 saturated heterocycles. The molecule has 4 rings (SSSR count). The monoisotopic (exact) mass is 378 g/mol. The topological polar surface area (TPSA) is 124 Å². The van der Waals surface area contributed by atoms with Crippen molar-refractivity contribution >= 4 is 17.7 Å². The second-order valence-electron chi connectivity index (χ2n) is 6.86. The predicted molar refractivity (Wildman–Crippen MR) is 106 cm³/mol. The number of nitrogens with two attached hydrogens (primary N) is 1. The summed E-state index contributed by atoms with van der Waals surface area (Å²) in [7, 11) is 1.88. The minimum atomic E-state index is -0.151. The minimum absolute atomic E-state index is 0.151. The van der Waals surface area contributed by atoms with Crippen LogP contribution in [-0.2, 0) is 13.5 Å². The Kier molecular flexibility index (Phi) is 4.88. The van der Waals surface area contributed by atoms with E-state index in [-0.39, 0.29) is 11.9 Å². The van der Waals surface area contributed by atoms with Crippen molar-refractivity contribution in [2.45, 2.75) is 25.3 Å². The van der Waals surface area contributed by atoms with Gasteiger partial charge in [0, 0.05) is 43.2 Å². The lowest BCUT2D eigenvalue weighted by molar-refractivity contribution is 0.0954. The van der Waals surface area contributed by atoms with Gasteiger partial charge in [-0.25, -0.2) is 4.98 Å². The lowest BCUT2D eigenvalue weighted by atomic mass is 10.1. The normalized spacial score (nSPS) is 13.3. The average Bonchev–Trinajstić information content (AvgIpc) is 3.41. The molecule has 0 unspecified atom stereocenters. The van der Waals surface area contributed by atoms with Crippen LogP contribution >= 0.6 is 0 Å². The van der Waals surface area contributed by atoms with E-state index in [0.29, 0.717) is 36.1 Å². The lowest BCUT2D eigenvalue weighted by Gasteiger charge is -2.09. The molecule has 9 heteroatoms. The molecule has 0 bridgehead atoms. The first-order valence-electron chi connectivity index (χ1n) is 9.21. The van der Waals surface area contributed by atoms with Gasteiger partial charge < -0.3 is 20.9 Å². The predicted octanol–water partition coefficient (Wildman–Crippen LogP) is 1.40. The van der Waals surface area contributed by atoms with Crippen LogP contribution in [0.3, 0.4) is 0 Å². The quantitative estimate of drug-likeness (QED) is 0.568. The summed E-state index contributed by atoms with van der Waals surface area (Å²) in [6.45, 7) is 0.478. The van der Waals surface area contributed by atoms with Crippen molar-refractivity contribution in [3.05, 3.63) is 48.0 Å². The number of benzene rings is 1. The number of anilines is 2. The van der Waals surface area contributed by atoms with Gasteiger partial charge >= 0.3 is 0 Å². The number of aromatic nitrogens is 5. The van der Waals surface area contributed by atoms with Crippen molar-refractivity contribution in [1.82, 2.24) is 30.0 Å². The zero-order chi connectivity index (χ0) is 19.5. The van der Waals surface area contributed by atoms with E-state index in [4.69, 9.17) is 5.73 Å². The van der Waals surface area contributed by atoms with Crippen molar-refractivity contribution in [2.24, 2.45) is 7.05 Å². The van der Waals surface area contributed by atoms with Gasteiger partial charge in [0.25, 0.3) is 5.91 Å². The molecule has 3 aromatic rings. The van der Waals surface area contributed by atoms with Crippen LogP contribution in [-0.4, -0.2) is 43.2 Å². The summed E-state index contributed by atoms with van der Waals surface area (Å²) in [5, 5.41) is 14.1. The molecule has 9 nitrogen and oxygen atoms in total. The standard InChI is InChI=1S/C19H22N8O/c1-27-11-22-26-17(27)7-8-21-18(28)13-4-2-3-12(9-13)15-10-16(23-14-5-6-14)25-19(20)24-15/h2-4,9-11,14H,5-8H2,1H3,(H,21,28)(H3,20,23,24,25). The fraction of sp³-hybridized carbons (Fsp3) is 0.316.